The van der Waals surface area contributed by atoms with Crippen molar-refractivity contribution in [2.45, 2.75) is 359 Å². The summed E-state index contributed by atoms with van der Waals surface area (Å²) >= 11 is 26.4. The first-order valence-corrected chi connectivity index (χ1v) is 62.3. The number of ether oxygens (including phenoxy) is 5. The van der Waals surface area contributed by atoms with Crippen molar-refractivity contribution in [1.29, 1.82) is 0 Å². The van der Waals surface area contributed by atoms with Crippen LogP contribution in [0.3, 0.4) is 0 Å². The van der Waals surface area contributed by atoms with Crippen LogP contribution in [0.2, 0.25) is 19.6 Å². The molecule has 142 heavy (non-hydrogen) atoms. The highest BCUT2D eigenvalue weighted by atomic mass is 35.5. The number of alkyl halides is 4. The number of nitrogens with zero attached hydrogens (tertiary/aromatic N) is 7. The van der Waals surface area contributed by atoms with Crippen molar-refractivity contribution in [1.82, 2.24) is 70.4 Å². The van der Waals surface area contributed by atoms with Crippen LogP contribution < -0.4 is 53.5 Å². The van der Waals surface area contributed by atoms with E-state index >= 15 is 0 Å². The van der Waals surface area contributed by atoms with E-state index in [1.807, 2.05) is 27.7 Å². The molecule has 3 aromatic rings. The van der Waals surface area contributed by atoms with Crippen molar-refractivity contribution < 1.29 is 79.4 Å². The zero-order chi connectivity index (χ0) is 111. The molecule has 1 aliphatic heterocycles. The Labute approximate surface area is 903 Å². The molecule has 828 valence electrons. The molecule has 7 amide bonds. The van der Waals surface area contributed by atoms with Crippen LogP contribution in [0.4, 0.5) is 19.2 Å². The maximum absolute atomic E-state index is 13.3. The first-order chi connectivity index (χ1) is 66.0. The number of carbonyl (C=O) groups excluding carboxylic acids is 7. The molecule has 1 aliphatic rings. The number of alkyl carbamates (subject to hydrolysis) is 4. The summed E-state index contributed by atoms with van der Waals surface area (Å²) in [5.41, 5.74) is -4.33. The number of likely N-dealkylation sites (N-methyl/N-ethyl adjacent to an activating group) is 1. The predicted molar refractivity (Wildman–Crippen MR) is 607 cm³/mol. The van der Waals surface area contributed by atoms with Crippen molar-refractivity contribution >= 4 is 188 Å². The maximum Gasteiger partial charge on any atom is 0.408 e. The fourth-order valence-corrected chi connectivity index (χ4v) is 22.3. The van der Waals surface area contributed by atoms with Crippen LogP contribution in [0, 0.1) is 20.8 Å². The van der Waals surface area contributed by atoms with Crippen LogP contribution in [-0.4, -0.2) is 301 Å². The summed E-state index contributed by atoms with van der Waals surface area (Å²) in [6, 6.07) is -1.64. The lowest BCUT2D eigenvalue weighted by atomic mass is 10.2. The van der Waals surface area contributed by atoms with Gasteiger partial charge in [0.05, 0.1) is 0 Å². The number of amides is 7. The summed E-state index contributed by atoms with van der Waals surface area (Å²) in [4.78, 5) is 163. The van der Waals surface area contributed by atoms with Crippen molar-refractivity contribution in [2.24, 2.45) is 0 Å². The molecule has 5 unspecified atom stereocenters. The summed E-state index contributed by atoms with van der Waals surface area (Å²) in [6.07, 6.45) is 16.3. The number of carbonyl (C=O) groups is 8. The SMILES string of the molecule is C.CC(C)(C)OC(=O)NC(CSSC(C)(C)C)C(=O)N(CCCl)CCCl.CC(C)(C)OC(=O)NC(CSSC(C)(C)C)C(=O)O.CCCCP(CCCC)CCCC.Cc1cn(CCN(CCn2cc(C)c(=O)[nH]c2=O)C(=O)C(CS)NC(=O)OC(C)(C)C)c(=O)[nH]c1=O.Cc1nccc(O[Si](C)(C)C)n1.ClCCNCCCl.OC1CCCO1.[3H]CCN(CC[3H])C(=O)C(CSSC(C)(C)C)NC(=O)OC(C)(C)C. The predicted octanol–water partition coefficient (Wildman–Crippen LogP) is 19.5. The first kappa shape index (κ1) is 141. The van der Waals surface area contributed by atoms with Crippen molar-refractivity contribution in [3.8, 4) is 5.88 Å². The molecular weight excluding hydrogens is 2080 g/mol. The second kappa shape index (κ2) is 77.6. The van der Waals surface area contributed by atoms with Crippen LogP contribution in [0.1, 0.15) is 258 Å². The third kappa shape index (κ3) is 82.2. The van der Waals surface area contributed by atoms with Crippen LogP contribution in [0.5, 0.6) is 5.88 Å². The van der Waals surface area contributed by atoms with Gasteiger partial charge in [-0.1, -0.05) is 175 Å². The Kier molecular flexibility index (Phi) is 77.3. The highest BCUT2D eigenvalue weighted by molar-refractivity contribution is 8.77. The minimum Gasteiger partial charge on any atom is -0.531 e. The van der Waals surface area contributed by atoms with Crippen molar-refractivity contribution in [3.05, 3.63) is 83.3 Å². The topological polar surface area (TPSA) is 438 Å². The zero-order valence-corrected chi connectivity index (χ0v) is 100. The highest BCUT2D eigenvalue weighted by Gasteiger charge is 2.33. The number of carboxylic acids is 1. The number of aliphatic hydroxyl groups is 1. The molecule has 0 spiro atoms. The molecule has 34 nitrogen and oxygen atoms in total. The van der Waals surface area contributed by atoms with Gasteiger partial charge in [0.15, 0.2) is 6.29 Å². The smallest absolute Gasteiger partial charge is 0.408 e. The van der Waals surface area contributed by atoms with Gasteiger partial charge in [0.1, 0.15) is 52.4 Å². The van der Waals surface area contributed by atoms with E-state index in [0.717, 1.165) is 38.4 Å². The Morgan fingerprint density at radius 2 is 0.894 bits per heavy atom. The van der Waals surface area contributed by atoms with Gasteiger partial charge in [-0.3, -0.25) is 43.1 Å². The number of carboxylic acid groups (broad SMARTS) is 1. The fourth-order valence-electron chi connectivity index (χ4n) is 10.3. The van der Waals surface area contributed by atoms with Gasteiger partial charge >= 0.3 is 41.7 Å². The number of hydrogen-bond donors (Lipinski definition) is 10. The van der Waals surface area contributed by atoms with Gasteiger partial charge in [-0.15, -0.1) is 54.3 Å². The highest BCUT2D eigenvalue weighted by Crippen LogP contribution is 2.40. The van der Waals surface area contributed by atoms with Gasteiger partial charge < -0.3 is 79.6 Å². The molecule has 47 heteroatoms. The van der Waals surface area contributed by atoms with E-state index in [0.29, 0.717) is 73.0 Å². The minimum absolute atomic E-state index is 0. The maximum atomic E-state index is 13.3. The van der Waals surface area contributed by atoms with E-state index in [1.165, 1.54) is 91.4 Å². The molecule has 9 N–H and O–H groups in total. The number of aliphatic carboxylic acids is 1. The first-order valence-electron chi connectivity index (χ1n) is 48.7. The zero-order valence-electron chi connectivity index (χ0n) is 91.6. The Morgan fingerprint density at radius 1 is 0.556 bits per heavy atom. The fraction of sp³-hybridized carbons (Fsp3) is 0.789. The van der Waals surface area contributed by atoms with Crippen molar-refractivity contribution in [3.63, 3.8) is 0 Å². The number of thiol groups is 1. The second-order valence-electron chi connectivity index (χ2n) is 39.8. The number of rotatable bonds is 45. The monoisotopic (exact) mass is 2260 g/mol. The number of hydrogen-bond acceptors (Lipinski definition) is 29. The number of H-pyrrole nitrogens is 2. The molecule has 0 bridgehead atoms. The third-order valence-electron chi connectivity index (χ3n) is 16.6. The van der Waals surface area contributed by atoms with E-state index in [9.17, 15) is 57.5 Å². The largest absolute Gasteiger partial charge is 0.531 e. The standard InChI is InChI=1S/C22H32N6O7S.C16H30Cl2N2O3S2.C16H32N2O3S2.C12H23NO4S2.C12H27P.C8H14N2OSi.C4H9Cl2N.C4H8O2.CH4/c1-13-10-27(19(32)24-16(13)29)8-6-26(7-9-28-11-14(2)17(30)25-20(28)33)18(31)15(12-36)23-21(34)35-22(3,4)5;1-15(2,3)23-14(22)19-12(11-24-25-16(4,5)6)13(21)20(9-7-17)10-8-18;1-9-18(10-2)13(19)12(11-22-23-16(6,7)8)17-14(20)21-15(3,4)5;1-11(2,3)17-10(16)13-8(9(14)15)7-18-19-12(4,5)6;1-4-7-10-13(11-8-5-2)12-9-6-3;1-7-9-6-5-8(10-7)11-12(2,3)4;5-1-3-7-4-2-6;5-4-2-1-3-6-4;/h10-11,15,36H,6-9,12H2,1-5H3,(H,23,34)(H,24,29,32)(H,25,30,33);12H,7-11H2,1-6H3,(H,19,22);12H,9-11H2,1-8H3,(H,17,20);8H,7H2,1-6H3,(H,13,16)(H,14,15);4-12H2,1-3H3;5-6H,1-4H3;7H,1-4H2;4-5H,1-3H2;1H4/i;;1T,2T;;;;;;. The van der Waals surface area contributed by atoms with Gasteiger partial charge in [0.25, 0.3) is 11.1 Å². The average molecular weight is 2270 g/mol. The second-order valence-corrected chi connectivity index (χ2v) is 58.3. The Bertz CT molecular complexity index is 4120. The summed E-state index contributed by atoms with van der Waals surface area (Å²) in [5.74, 6) is 2.43. The normalized spacial score (nSPS) is 13.5. The van der Waals surface area contributed by atoms with E-state index in [-0.39, 0.29) is 98.1 Å². The minimum atomic E-state index is -1.51. The van der Waals surface area contributed by atoms with Crippen LogP contribution >= 0.6 is 132 Å². The number of aromatic amines is 2. The molecule has 0 aliphatic carbocycles. The third-order valence-corrected chi connectivity index (χ3v) is 31.4. The molecule has 0 saturated carbocycles. The summed E-state index contributed by atoms with van der Waals surface area (Å²) < 4.78 is 48.5. The Hall–Kier alpha value is -4.66. The van der Waals surface area contributed by atoms with Crippen molar-refractivity contribution in [2.75, 3.05) is 124 Å². The number of aromatic nitrogens is 6. The van der Waals surface area contributed by atoms with Gasteiger partial charge in [0, 0.05) is 178 Å². The lowest BCUT2D eigenvalue weighted by molar-refractivity contribution is -0.139. The lowest BCUT2D eigenvalue weighted by Gasteiger charge is -2.28. The van der Waals surface area contributed by atoms with E-state index in [4.69, 9.17) is 87.5 Å². The van der Waals surface area contributed by atoms with Gasteiger partial charge in [-0.2, -0.15) is 17.6 Å². The number of nitrogens with one attached hydrogen (secondary N) is 7. The van der Waals surface area contributed by atoms with Gasteiger partial charge in [-0.05, 0) is 181 Å². The molecule has 4 heterocycles. The lowest BCUT2D eigenvalue weighted by Crippen LogP contribution is -2.52. The molecular formula is C95H179Cl4N14O20PS7Si. The molecule has 0 radical (unpaired) electrons. The molecule has 4 rings (SSSR count). The number of halogens is 4. The van der Waals surface area contributed by atoms with E-state index in [1.54, 1.807) is 176 Å². The summed E-state index contributed by atoms with van der Waals surface area (Å²) in [7, 11) is 8.27. The number of aryl methyl sites for hydroxylation is 3. The van der Waals surface area contributed by atoms with E-state index < -0.39 is 120 Å². The Morgan fingerprint density at radius 3 is 1.18 bits per heavy atom. The van der Waals surface area contributed by atoms with E-state index in [2.05, 4.69) is 141 Å². The summed E-state index contributed by atoms with van der Waals surface area (Å²) in [6.45, 7) is 61.7. The average Bonchev–Trinajstić information content (AvgIpc) is 0.833. The van der Waals surface area contributed by atoms with Gasteiger partial charge in [-0.25, -0.2) is 38.5 Å². The molecule has 1 saturated heterocycles. The van der Waals surface area contributed by atoms with Gasteiger partial charge in [0.2, 0.25) is 31.9 Å². The molecule has 1 fully saturated rings. The molecule has 3 aromatic heterocycles. The summed E-state index contributed by atoms with van der Waals surface area (Å²) in [5, 5.41) is 30.8. The number of unbranched alkanes of at least 4 members (excludes halogenated alkanes) is 3. The molecule has 0 aromatic carbocycles. The number of aliphatic hydroxyl groups excluding tert-OH is 1. The van der Waals surface area contributed by atoms with Crippen LogP contribution in [0.25, 0.3) is 0 Å². The molecule has 5 atom stereocenters. The van der Waals surface area contributed by atoms with Crippen LogP contribution in [-0.2, 0) is 56.0 Å². The van der Waals surface area contributed by atoms with Crippen LogP contribution in [0.15, 0.2) is 43.8 Å². The quantitative estimate of drug-likeness (QED) is 0.00478. The Balaban J connectivity index is -0.000000537.